The Labute approximate surface area is 124 Å². The molecule has 3 heteroatoms. The van der Waals surface area contributed by atoms with Crippen molar-refractivity contribution in [1.82, 2.24) is 9.88 Å². The molecule has 1 saturated heterocycles. The van der Waals surface area contributed by atoms with Gasteiger partial charge in [0.2, 0.25) is 0 Å². The van der Waals surface area contributed by atoms with Gasteiger partial charge in [-0.1, -0.05) is 33.8 Å². The van der Waals surface area contributed by atoms with Crippen molar-refractivity contribution in [2.75, 3.05) is 19.7 Å². The third-order valence-electron chi connectivity index (χ3n) is 3.81. The van der Waals surface area contributed by atoms with Crippen LogP contribution in [-0.4, -0.2) is 34.7 Å². The summed E-state index contributed by atoms with van der Waals surface area (Å²) >= 11 is 0. The fourth-order valence-electron chi connectivity index (χ4n) is 2.46. The Morgan fingerprint density at radius 3 is 2.35 bits per heavy atom. The standard InChI is InChI=1S/C15H24N2O.C2H6/c1-12(2)15-4-3-14(9-16-15)10-17-7-5-13(11-18)6-8-17;1-2/h3-4,9,12-13,18H,5-8,10-11H2,1-2H3;1-2H3. The topological polar surface area (TPSA) is 36.4 Å². The zero-order valence-corrected chi connectivity index (χ0v) is 13.5. The van der Waals surface area contributed by atoms with Crippen LogP contribution < -0.4 is 0 Å². The Bertz CT molecular complexity index is 354. The molecule has 1 aromatic heterocycles. The van der Waals surface area contributed by atoms with Crippen molar-refractivity contribution in [2.45, 2.75) is 53.0 Å². The van der Waals surface area contributed by atoms with E-state index in [0.717, 1.165) is 38.2 Å². The Balaban J connectivity index is 0.000000956. The van der Waals surface area contributed by atoms with Gasteiger partial charge in [0.05, 0.1) is 0 Å². The van der Waals surface area contributed by atoms with E-state index in [1.54, 1.807) is 0 Å². The quantitative estimate of drug-likeness (QED) is 0.916. The summed E-state index contributed by atoms with van der Waals surface area (Å²) in [5, 5.41) is 9.12. The molecule has 1 aliphatic heterocycles. The molecular weight excluding hydrogens is 248 g/mol. The number of nitrogens with zero attached hydrogens (tertiary/aromatic N) is 2. The van der Waals surface area contributed by atoms with Crippen LogP contribution in [-0.2, 0) is 6.54 Å². The monoisotopic (exact) mass is 278 g/mol. The van der Waals surface area contributed by atoms with Crippen molar-refractivity contribution < 1.29 is 5.11 Å². The molecule has 1 aliphatic rings. The van der Waals surface area contributed by atoms with Gasteiger partial charge in [-0.05, 0) is 49.4 Å². The van der Waals surface area contributed by atoms with Crippen LogP contribution in [0.1, 0.15) is 57.7 Å². The van der Waals surface area contributed by atoms with E-state index >= 15 is 0 Å². The van der Waals surface area contributed by atoms with E-state index in [9.17, 15) is 0 Å². The second kappa shape index (κ2) is 9.09. The highest BCUT2D eigenvalue weighted by molar-refractivity contribution is 5.16. The molecule has 0 aliphatic carbocycles. The predicted octanol–water partition coefficient (Wildman–Crippen LogP) is 3.44. The molecule has 1 aromatic rings. The summed E-state index contributed by atoms with van der Waals surface area (Å²) in [6.45, 7) is 11.9. The molecular formula is C17H30N2O. The van der Waals surface area contributed by atoms with Crippen molar-refractivity contribution in [2.24, 2.45) is 5.92 Å². The van der Waals surface area contributed by atoms with Gasteiger partial charge in [0.1, 0.15) is 0 Å². The molecule has 1 N–H and O–H groups in total. The number of pyridine rings is 1. The lowest BCUT2D eigenvalue weighted by Gasteiger charge is -2.30. The van der Waals surface area contributed by atoms with Gasteiger partial charge in [-0.15, -0.1) is 0 Å². The average Bonchev–Trinajstić information content (AvgIpc) is 2.50. The van der Waals surface area contributed by atoms with Crippen molar-refractivity contribution in [3.63, 3.8) is 0 Å². The molecule has 3 nitrogen and oxygen atoms in total. The Morgan fingerprint density at radius 1 is 1.25 bits per heavy atom. The lowest BCUT2D eigenvalue weighted by atomic mass is 9.97. The molecule has 0 radical (unpaired) electrons. The second-order valence-electron chi connectivity index (χ2n) is 5.65. The number of aromatic nitrogens is 1. The molecule has 0 saturated carbocycles. The van der Waals surface area contributed by atoms with Gasteiger partial charge < -0.3 is 5.11 Å². The predicted molar refractivity (Wildman–Crippen MR) is 84.8 cm³/mol. The Morgan fingerprint density at radius 2 is 1.90 bits per heavy atom. The number of hydrogen-bond acceptors (Lipinski definition) is 3. The minimum Gasteiger partial charge on any atom is -0.396 e. The number of likely N-dealkylation sites (tertiary alicyclic amines) is 1. The van der Waals surface area contributed by atoms with Crippen LogP contribution in [0.15, 0.2) is 18.3 Å². The highest BCUT2D eigenvalue weighted by Gasteiger charge is 2.18. The van der Waals surface area contributed by atoms with Gasteiger partial charge in [0, 0.05) is 25.0 Å². The summed E-state index contributed by atoms with van der Waals surface area (Å²) < 4.78 is 0. The van der Waals surface area contributed by atoms with Crippen molar-refractivity contribution in [3.05, 3.63) is 29.6 Å². The smallest absolute Gasteiger partial charge is 0.0460 e. The van der Waals surface area contributed by atoms with Gasteiger partial charge in [-0.25, -0.2) is 0 Å². The number of rotatable bonds is 4. The van der Waals surface area contributed by atoms with E-state index < -0.39 is 0 Å². The van der Waals surface area contributed by atoms with E-state index in [0.29, 0.717) is 18.4 Å². The van der Waals surface area contributed by atoms with Gasteiger partial charge >= 0.3 is 0 Å². The van der Waals surface area contributed by atoms with Crippen LogP contribution in [0, 0.1) is 5.92 Å². The molecule has 2 heterocycles. The fourth-order valence-corrected chi connectivity index (χ4v) is 2.46. The minimum atomic E-state index is 0.346. The summed E-state index contributed by atoms with van der Waals surface area (Å²) in [7, 11) is 0. The Hall–Kier alpha value is -0.930. The van der Waals surface area contributed by atoms with E-state index in [1.165, 1.54) is 5.56 Å². The third kappa shape index (κ3) is 5.22. The number of aliphatic hydroxyl groups excluding tert-OH is 1. The van der Waals surface area contributed by atoms with E-state index in [1.807, 2.05) is 20.0 Å². The molecule has 2 rings (SSSR count). The van der Waals surface area contributed by atoms with E-state index in [4.69, 9.17) is 5.11 Å². The highest BCUT2D eigenvalue weighted by atomic mass is 16.3. The number of aliphatic hydroxyl groups is 1. The molecule has 114 valence electrons. The maximum Gasteiger partial charge on any atom is 0.0460 e. The fraction of sp³-hybridized carbons (Fsp3) is 0.706. The van der Waals surface area contributed by atoms with Crippen molar-refractivity contribution >= 4 is 0 Å². The average molecular weight is 278 g/mol. The molecule has 1 fully saturated rings. The van der Waals surface area contributed by atoms with Gasteiger partial charge in [0.25, 0.3) is 0 Å². The third-order valence-corrected chi connectivity index (χ3v) is 3.81. The van der Waals surface area contributed by atoms with Gasteiger partial charge in [-0.3, -0.25) is 9.88 Å². The first-order chi connectivity index (χ1) is 9.69. The molecule has 0 aromatic carbocycles. The molecule has 0 unspecified atom stereocenters. The van der Waals surface area contributed by atoms with Crippen molar-refractivity contribution in [1.29, 1.82) is 0 Å². The SMILES string of the molecule is CC.CC(C)c1ccc(CN2CCC(CO)CC2)cn1. The van der Waals surface area contributed by atoms with Crippen LogP contribution in [0.3, 0.4) is 0 Å². The highest BCUT2D eigenvalue weighted by Crippen LogP contribution is 2.19. The maximum absolute atomic E-state index is 9.12. The molecule has 0 atom stereocenters. The molecule has 0 amide bonds. The first kappa shape index (κ1) is 17.1. The zero-order chi connectivity index (χ0) is 15.0. The summed E-state index contributed by atoms with van der Waals surface area (Å²) in [5.41, 5.74) is 2.46. The van der Waals surface area contributed by atoms with Crippen LogP contribution in [0.2, 0.25) is 0 Å². The van der Waals surface area contributed by atoms with Crippen LogP contribution in [0.25, 0.3) is 0 Å². The van der Waals surface area contributed by atoms with Crippen LogP contribution in [0.4, 0.5) is 0 Å². The zero-order valence-electron chi connectivity index (χ0n) is 13.5. The normalized spacial score (nSPS) is 16.9. The first-order valence-corrected chi connectivity index (χ1v) is 7.97. The second-order valence-corrected chi connectivity index (χ2v) is 5.65. The minimum absolute atomic E-state index is 0.346. The maximum atomic E-state index is 9.12. The van der Waals surface area contributed by atoms with Crippen LogP contribution >= 0.6 is 0 Å². The molecule has 0 bridgehead atoms. The van der Waals surface area contributed by atoms with Gasteiger partial charge in [0.15, 0.2) is 0 Å². The lowest BCUT2D eigenvalue weighted by molar-refractivity contribution is 0.127. The molecule has 0 spiro atoms. The first-order valence-electron chi connectivity index (χ1n) is 7.97. The van der Waals surface area contributed by atoms with E-state index in [-0.39, 0.29) is 0 Å². The van der Waals surface area contributed by atoms with E-state index in [2.05, 4.69) is 35.9 Å². The summed E-state index contributed by atoms with van der Waals surface area (Å²) in [5.74, 6) is 1.02. The van der Waals surface area contributed by atoms with Crippen molar-refractivity contribution in [3.8, 4) is 0 Å². The summed E-state index contributed by atoms with van der Waals surface area (Å²) in [6.07, 6.45) is 4.25. The van der Waals surface area contributed by atoms with Crippen LogP contribution in [0.5, 0.6) is 0 Å². The number of piperidine rings is 1. The largest absolute Gasteiger partial charge is 0.396 e. The lowest BCUT2D eigenvalue weighted by Crippen LogP contribution is -2.34. The summed E-state index contributed by atoms with van der Waals surface area (Å²) in [6, 6.07) is 4.33. The summed E-state index contributed by atoms with van der Waals surface area (Å²) in [4.78, 5) is 6.96. The van der Waals surface area contributed by atoms with Gasteiger partial charge in [-0.2, -0.15) is 0 Å². The Kier molecular flexibility index (Phi) is 7.78. The molecule has 20 heavy (non-hydrogen) atoms. The number of hydrogen-bond donors (Lipinski definition) is 1.